The molecule has 5 heterocycles. The minimum atomic E-state index is -1.57. The van der Waals surface area contributed by atoms with Crippen molar-refractivity contribution >= 4 is 63.7 Å². The molecule has 2 atom stereocenters. The van der Waals surface area contributed by atoms with Gasteiger partial charge in [0.1, 0.15) is 19.9 Å². The van der Waals surface area contributed by atoms with Gasteiger partial charge in [-0.3, -0.25) is 14.5 Å². The number of carboxylic acid groups (broad SMARTS) is 1. The van der Waals surface area contributed by atoms with Crippen LogP contribution in [0.2, 0.25) is 0 Å². The Morgan fingerprint density at radius 3 is 2.89 bits per heavy atom. The van der Waals surface area contributed by atoms with Gasteiger partial charge in [0.25, 0.3) is 5.91 Å². The molecule has 0 aliphatic carbocycles. The molecule has 2 amide bonds. The minimum Gasteiger partial charge on any atom is -0.543 e. The number of nitrogens with zero attached hydrogens (tertiary/aromatic N) is 6. The number of aromatic nitrogens is 4. The van der Waals surface area contributed by atoms with E-state index in [2.05, 4.69) is 25.4 Å². The van der Waals surface area contributed by atoms with Crippen LogP contribution in [0.25, 0.3) is 5.65 Å². The number of oxime groups is 1. The lowest BCUT2D eigenvalue weighted by molar-refractivity contribution is -0.667. The molecule has 2 aliphatic heterocycles. The summed E-state index contributed by atoms with van der Waals surface area (Å²) in [6, 6.07) is 3.38. The van der Waals surface area contributed by atoms with Crippen molar-refractivity contribution in [3.05, 3.63) is 46.4 Å². The second-order valence-corrected chi connectivity index (χ2v) is 10.5. The molecule has 1 saturated heterocycles. The van der Waals surface area contributed by atoms with Gasteiger partial charge in [0.05, 0.1) is 47.1 Å². The maximum atomic E-state index is 12.9. The number of hydrogen-bond acceptors (Lipinski definition) is 12. The third-order valence-electron chi connectivity index (χ3n) is 5.93. The van der Waals surface area contributed by atoms with E-state index in [9.17, 15) is 19.5 Å². The van der Waals surface area contributed by atoms with Gasteiger partial charge in [0.2, 0.25) is 11.7 Å². The summed E-state index contributed by atoms with van der Waals surface area (Å²) in [5.41, 5.74) is 13.3. The highest BCUT2D eigenvalue weighted by Crippen LogP contribution is 2.54. The maximum Gasteiger partial charge on any atom is 0.311 e. The molecule has 2 aliphatic rings. The van der Waals surface area contributed by atoms with Crippen LogP contribution < -0.4 is 26.5 Å². The highest BCUT2D eigenvalue weighted by atomic mass is 32.2. The quantitative estimate of drug-likeness (QED) is 0.136. The molecule has 0 bridgehead atoms. The summed E-state index contributed by atoms with van der Waals surface area (Å²) in [5.74, 6) is -2.26. The van der Waals surface area contributed by atoms with E-state index in [4.69, 9.17) is 11.5 Å². The van der Waals surface area contributed by atoms with Crippen molar-refractivity contribution in [3.8, 4) is 0 Å². The zero-order chi connectivity index (χ0) is 26.5. The molecular weight excluding hydrogens is 522 g/mol. The number of carbonyl (C=O) groups is 3. The molecule has 192 valence electrons. The fourth-order valence-electron chi connectivity index (χ4n) is 4.38. The van der Waals surface area contributed by atoms with Crippen LogP contribution in [0.1, 0.15) is 17.8 Å². The zero-order valence-electron chi connectivity index (χ0n) is 19.6. The molecule has 1 unspecified atom stereocenters. The number of carbonyl (C=O) groups excluding carboxylic acids is 3. The number of amides is 2. The molecule has 0 spiro atoms. The first-order valence-electron chi connectivity index (χ1n) is 10.8. The van der Waals surface area contributed by atoms with E-state index < -0.39 is 22.1 Å². The fourth-order valence-corrected chi connectivity index (χ4v) is 6.72. The lowest BCUT2D eigenvalue weighted by Gasteiger charge is -2.52. The van der Waals surface area contributed by atoms with E-state index in [-0.39, 0.29) is 35.3 Å². The number of thioether (sulfide) groups is 1. The van der Waals surface area contributed by atoms with Crippen molar-refractivity contribution in [1.29, 1.82) is 0 Å². The first-order chi connectivity index (χ1) is 17.6. The minimum absolute atomic E-state index is 0.0687. The molecule has 1 fully saturated rings. The van der Waals surface area contributed by atoms with Crippen LogP contribution in [0.15, 0.2) is 40.1 Å². The highest BCUT2D eigenvalue weighted by molar-refractivity contribution is 8.01. The molecule has 16 heteroatoms. The van der Waals surface area contributed by atoms with E-state index in [0.717, 1.165) is 17.6 Å². The van der Waals surface area contributed by atoms with Crippen molar-refractivity contribution in [2.24, 2.45) is 5.16 Å². The number of hydrogen-bond donors (Lipinski definition) is 3. The normalized spacial score (nSPS) is 21.3. The number of aliphatic carboxylic acids is 1. The smallest absolute Gasteiger partial charge is 0.311 e. The standard InChI is InChI=1S/C21H21N9O5S2/c1-10-5-15-28(4-3-13(22)30(15)27-10)8-11-18(19(33)34)29-16(32)6-17(29)37-21(11,12-9-36-20(23)25-12)26-14(31)7-24-35-2/h3-5,7,9,17,22H,6,8H2,1-2H3,(H4,23,25,26,31,33,34)/t17-,21?/m0/s1. The molecule has 5 N–H and O–H groups in total. The van der Waals surface area contributed by atoms with Crippen LogP contribution in [-0.4, -0.2) is 56.0 Å². The molecule has 3 aromatic heterocycles. The van der Waals surface area contributed by atoms with Gasteiger partial charge in [-0.15, -0.1) is 11.3 Å². The van der Waals surface area contributed by atoms with Gasteiger partial charge < -0.3 is 31.5 Å². The first kappa shape index (κ1) is 24.5. The molecular formula is C21H21N9O5S2. The topological polar surface area (TPSA) is 197 Å². The summed E-state index contributed by atoms with van der Waals surface area (Å²) < 4.78 is 3.22. The monoisotopic (exact) mass is 543 g/mol. The van der Waals surface area contributed by atoms with Gasteiger partial charge in [-0.1, -0.05) is 26.5 Å². The Kier molecular flexibility index (Phi) is 5.99. The summed E-state index contributed by atoms with van der Waals surface area (Å²) >= 11 is 2.30. The van der Waals surface area contributed by atoms with Gasteiger partial charge in [0.15, 0.2) is 10.0 Å². The fraction of sp³-hybridized carbons (Fsp3) is 0.286. The summed E-state index contributed by atoms with van der Waals surface area (Å²) in [7, 11) is 1.28. The Morgan fingerprint density at radius 1 is 1.46 bits per heavy atom. The van der Waals surface area contributed by atoms with E-state index in [0.29, 0.717) is 22.9 Å². The Morgan fingerprint density at radius 2 is 2.24 bits per heavy atom. The average molecular weight is 544 g/mol. The van der Waals surface area contributed by atoms with E-state index in [1.165, 1.54) is 28.3 Å². The summed E-state index contributed by atoms with van der Waals surface area (Å²) in [4.78, 5) is 46.7. The number of anilines is 2. The summed E-state index contributed by atoms with van der Waals surface area (Å²) in [6.45, 7) is 1.70. The van der Waals surface area contributed by atoms with Gasteiger partial charge in [-0.25, -0.2) is 9.55 Å². The van der Waals surface area contributed by atoms with E-state index >= 15 is 0 Å². The first-order valence-corrected chi connectivity index (χ1v) is 12.6. The van der Waals surface area contributed by atoms with Gasteiger partial charge >= 0.3 is 5.65 Å². The van der Waals surface area contributed by atoms with Crippen molar-refractivity contribution in [1.82, 2.24) is 24.8 Å². The largest absolute Gasteiger partial charge is 0.543 e. The number of rotatable bonds is 7. The van der Waals surface area contributed by atoms with Crippen LogP contribution in [-0.2, 0) is 30.6 Å². The number of nitrogens with two attached hydrogens (primary N) is 2. The lowest BCUT2D eigenvalue weighted by atomic mass is 9.96. The van der Waals surface area contributed by atoms with E-state index in [1.54, 1.807) is 35.2 Å². The Bertz CT molecular complexity index is 1510. The van der Waals surface area contributed by atoms with Crippen LogP contribution in [0.5, 0.6) is 0 Å². The molecule has 5 rings (SSSR count). The number of thiazole rings is 1. The number of nitrogens with one attached hydrogen (secondary N) is 1. The Balaban J connectivity index is 1.77. The van der Waals surface area contributed by atoms with Crippen LogP contribution in [0.4, 0.5) is 10.9 Å². The number of nitrogen functional groups attached to an aromatic ring is 2. The summed E-state index contributed by atoms with van der Waals surface area (Å²) in [5, 5.41) is 24.6. The second kappa shape index (κ2) is 9.04. The van der Waals surface area contributed by atoms with Crippen molar-refractivity contribution < 1.29 is 28.9 Å². The zero-order valence-corrected chi connectivity index (χ0v) is 21.2. The molecule has 0 saturated carbocycles. The van der Waals surface area contributed by atoms with Crippen molar-refractivity contribution in [2.75, 3.05) is 18.6 Å². The molecule has 0 aromatic carbocycles. The second-order valence-electron chi connectivity index (χ2n) is 8.24. The predicted molar refractivity (Wildman–Crippen MR) is 131 cm³/mol. The predicted octanol–water partition coefficient (Wildman–Crippen LogP) is -1.54. The maximum absolute atomic E-state index is 12.9. The van der Waals surface area contributed by atoms with Crippen molar-refractivity contribution in [2.45, 2.75) is 30.1 Å². The number of fused-ring (bicyclic) bond motifs is 2. The number of β-lactam (4-membered cyclic amide) rings is 1. The van der Waals surface area contributed by atoms with Crippen molar-refractivity contribution in [3.63, 3.8) is 0 Å². The Hall–Kier alpha value is -4.18. The van der Waals surface area contributed by atoms with Gasteiger partial charge in [-0.2, -0.15) is 0 Å². The van der Waals surface area contributed by atoms with Crippen LogP contribution in [0, 0.1) is 6.92 Å². The third kappa shape index (κ3) is 4.03. The highest BCUT2D eigenvalue weighted by Gasteiger charge is 2.56. The Labute approximate surface area is 217 Å². The molecule has 14 nitrogen and oxygen atoms in total. The number of aryl methyl sites for hydroxylation is 1. The molecule has 3 aromatic rings. The average Bonchev–Trinajstić information content (AvgIpc) is 3.46. The number of carboxylic acids is 1. The summed E-state index contributed by atoms with van der Waals surface area (Å²) in [6.07, 6.45) is 2.65. The van der Waals surface area contributed by atoms with Gasteiger partial charge in [0, 0.05) is 17.0 Å². The van der Waals surface area contributed by atoms with Crippen LogP contribution >= 0.6 is 23.1 Å². The molecule has 0 radical (unpaired) electrons. The lowest BCUT2D eigenvalue weighted by Crippen LogP contribution is -2.63. The van der Waals surface area contributed by atoms with Gasteiger partial charge in [-0.05, 0) is 6.92 Å². The SMILES string of the molecule is CON=CC(=O)NC1(c2csc(N)n2)S[C@H]2CC(=O)N2C(C(=O)[O-])=C1C[n+]1ccc(N)n2nc(C)cc21. The third-order valence-corrected chi connectivity index (χ3v) is 8.16. The molecule has 37 heavy (non-hydrogen) atoms. The van der Waals surface area contributed by atoms with Crippen LogP contribution in [0.3, 0.4) is 0 Å². The van der Waals surface area contributed by atoms with E-state index in [1.807, 2.05) is 0 Å².